The molecule has 0 fully saturated rings. The van der Waals surface area contributed by atoms with Gasteiger partial charge in [-0.2, -0.15) is 0 Å². The van der Waals surface area contributed by atoms with Gasteiger partial charge in [-0.15, -0.1) is 0 Å². The van der Waals surface area contributed by atoms with E-state index < -0.39 is 22.8 Å². The van der Waals surface area contributed by atoms with Crippen molar-refractivity contribution >= 4 is 5.97 Å². The number of carboxylic acid groups (broad SMARTS) is 1. The minimum atomic E-state index is -1.40. The number of rotatable bonds is 2. The molecule has 2 rings (SSSR count). The molecule has 0 aliphatic rings. The predicted molar refractivity (Wildman–Crippen MR) is 62.2 cm³/mol. The molecule has 92 valence electrons. The lowest BCUT2D eigenvalue weighted by Gasteiger charge is -2.07. The van der Waals surface area contributed by atoms with Gasteiger partial charge in [-0.1, -0.05) is 0 Å². The Bertz CT molecular complexity index is 730. The van der Waals surface area contributed by atoms with Crippen LogP contribution in [0, 0.1) is 6.92 Å². The van der Waals surface area contributed by atoms with Crippen LogP contribution < -0.4 is 11.2 Å². The average molecular weight is 247 g/mol. The summed E-state index contributed by atoms with van der Waals surface area (Å²) in [6.07, 6.45) is 2.54. The zero-order valence-electron chi connectivity index (χ0n) is 9.38. The Labute approximate surface area is 100 Å². The smallest absolute Gasteiger partial charge is 0.342 e. The first kappa shape index (κ1) is 11.8. The van der Waals surface area contributed by atoms with E-state index in [1.807, 2.05) is 4.98 Å². The number of aromatic carboxylic acids is 1. The summed E-state index contributed by atoms with van der Waals surface area (Å²) >= 11 is 0. The summed E-state index contributed by atoms with van der Waals surface area (Å²) in [7, 11) is 0. The highest BCUT2D eigenvalue weighted by Gasteiger charge is 2.13. The zero-order chi connectivity index (χ0) is 13.3. The van der Waals surface area contributed by atoms with Gasteiger partial charge in [-0.3, -0.25) is 19.3 Å². The largest absolute Gasteiger partial charge is 0.477 e. The zero-order valence-corrected chi connectivity index (χ0v) is 9.38. The molecule has 7 heteroatoms. The molecule has 0 bridgehead atoms. The second-order valence-electron chi connectivity index (χ2n) is 3.59. The fourth-order valence-electron chi connectivity index (χ4n) is 1.53. The van der Waals surface area contributed by atoms with Gasteiger partial charge < -0.3 is 5.11 Å². The number of carbonyl (C=O) groups is 1. The number of carboxylic acids is 1. The van der Waals surface area contributed by atoms with Crippen LogP contribution in [0.1, 0.15) is 16.1 Å². The Kier molecular flexibility index (Phi) is 2.80. The molecule has 0 saturated carbocycles. The Morgan fingerprint density at radius 2 is 2.17 bits per heavy atom. The van der Waals surface area contributed by atoms with Gasteiger partial charge in [0, 0.05) is 12.4 Å². The summed E-state index contributed by atoms with van der Waals surface area (Å²) < 4.78 is 1.05. The van der Waals surface area contributed by atoms with Gasteiger partial charge >= 0.3 is 11.7 Å². The van der Waals surface area contributed by atoms with Gasteiger partial charge in [0.1, 0.15) is 5.56 Å². The van der Waals surface area contributed by atoms with E-state index in [2.05, 4.69) is 4.98 Å². The number of nitrogens with zero attached hydrogens (tertiary/aromatic N) is 2. The third-order valence-corrected chi connectivity index (χ3v) is 2.41. The van der Waals surface area contributed by atoms with Crippen molar-refractivity contribution in [3.63, 3.8) is 0 Å². The summed E-state index contributed by atoms with van der Waals surface area (Å²) in [6, 6.07) is 3.22. The third kappa shape index (κ3) is 1.93. The lowest BCUT2D eigenvalue weighted by Crippen LogP contribution is -2.32. The molecule has 0 saturated heterocycles. The van der Waals surface area contributed by atoms with Crippen molar-refractivity contribution in [3.8, 4) is 5.69 Å². The minimum Gasteiger partial charge on any atom is -0.477 e. The van der Waals surface area contributed by atoms with Crippen LogP contribution in [-0.2, 0) is 0 Å². The lowest BCUT2D eigenvalue weighted by atomic mass is 10.3. The van der Waals surface area contributed by atoms with Crippen LogP contribution in [0.3, 0.4) is 0 Å². The highest BCUT2D eigenvalue weighted by atomic mass is 16.4. The van der Waals surface area contributed by atoms with Crippen molar-refractivity contribution < 1.29 is 9.90 Å². The van der Waals surface area contributed by atoms with Crippen molar-refractivity contribution in [2.45, 2.75) is 6.92 Å². The van der Waals surface area contributed by atoms with E-state index in [1.165, 1.54) is 0 Å². The van der Waals surface area contributed by atoms with Gasteiger partial charge in [-0.05, 0) is 19.1 Å². The molecule has 0 aliphatic carbocycles. The van der Waals surface area contributed by atoms with Crippen molar-refractivity contribution in [3.05, 3.63) is 56.6 Å². The number of hydrogen-bond acceptors (Lipinski definition) is 4. The molecule has 7 nitrogen and oxygen atoms in total. The van der Waals surface area contributed by atoms with E-state index in [0.29, 0.717) is 11.4 Å². The fraction of sp³-hybridized carbons (Fsp3) is 0.0909. The second-order valence-corrected chi connectivity index (χ2v) is 3.59. The van der Waals surface area contributed by atoms with Gasteiger partial charge in [0.05, 0.1) is 11.4 Å². The number of aromatic amines is 1. The molecule has 2 aromatic rings. The SMILES string of the molecule is Cc1ncccc1-n1cc(C(=O)O)c(=O)[nH]c1=O. The summed E-state index contributed by atoms with van der Waals surface area (Å²) in [5.41, 5.74) is -1.17. The van der Waals surface area contributed by atoms with Crippen LogP contribution in [0.2, 0.25) is 0 Å². The molecule has 0 aliphatic heterocycles. The summed E-state index contributed by atoms with van der Waals surface area (Å²) in [4.78, 5) is 39.7. The topological polar surface area (TPSA) is 105 Å². The van der Waals surface area contributed by atoms with Gasteiger partial charge in [-0.25, -0.2) is 9.59 Å². The predicted octanol–water partition coefficient (Wildman–Crippen LogP) is -0.0726. The monoisotopic (exact) mass is 247 g/mol. The first-order chi connectivity index (χ1) is 8.50. The van der Waals surface area contributed by atoms with Crippen molar-refractivity contribution in [2.75, 3.05) is 0 Å². The first-order valence-electron chi connectivity index (χ1n) is 5.02. The number of H-pyrrole nitrogens is 1. The lowest BCUT2D eigenvalue weighted by molar-refractivity contribution is 0.0694. The van der Waals surface area contributed by atoms with Crippen LogP contribution in [0.5, 0.6) is 0 Å². The van der Waals surface area contributed by atoms with E-state index in [-0.39, 0.29) is 0 Å². The molecule has 0 radical (unpaired) electrons. The molecule has 0 atom stereocenters. The van der Waals surface area contributed by atoms with E-state index in [0.717, 1.165) is 10.8 Å². The Hall–Kier alpha value is -2.70. The maximum absolute atomic E-state index is 11.7. The summed E-state index contributed by atoms with van der Waals surface area (Å²) in [6.45, 7) is 1.67. The number of nitrogens with one attached hydrogen (secondary N) is 1. The Morgan fingerprint density at radius 3 is 2.78 bits per heavy atom. The molecule has 0 spiro atoms. The maximum atomic E-state index is 11.7. The van der Waals surface area contributed by atoms with Gasteiger partial charge in [0.15, 0.2) is 0 Å². The van der Waals surface area contributed by atoms with Crippen LogP contribution in [0.4, 0.5) is 0 Å². The van der Waals surface area contributed by atoms with Crippen molar-refractivity contribution in [1.29, 1.82) is 0 Å². The van der Waals surface area contributed by atoms with E-state index in [1.54, 1.807) is 25.3 Å². The molecule has 0 aromatic carbocycles. The molecular weight excluding hydrogens is 238 g/mol. The number of pyridine rings is 1. The number of aryl methyl sites for hydroxylation is 1. The molecule has 2 aromatic heterocycles. The molecular formula is C11H9N3O4. The van der Waals surface area contributed by atoms with Gasteiger partial charge in [0.2, 0.25) is 0 Å². The highest BCUT2D eigenvalue weighted by molar-refractivity contribution is 5.86. The van der Waals surface area contributed by atoms with Crippen LogP contribution >= 0.6 is 0 Å². The van der Waals surface area contributed by atoms with Gasteiger partial charge in [0.25, 0.3) is 5.56 Å². The number of hydrogen-bond donors (Lipinski definition) is 2. The minimum absolute atomic E-state index is 0.418. The standard InChI is InChI=1S/C11H9N3O4/c1-6-8(3-2-4-12-6)14-5-7(10(16)17)9(15)13-11(14)18/h2-5H,1H3,(H,16,17)(H,13,15,18). The first-order valence-corrected chi connectivity index (χ1v) is 5.02. The molecule has 0 amide bonds. The van der Waals surface area contributed by atoms with Crippen molar-refractivity contribution in [1.82, 2.24) is 14.5 Å². The third-order valence-electron chi connectivity index (χ3n) is 2.41. The normalized spacial score (nSPS) is 10.3. The van der Waals surface area contributed by atoms with Crippen LogP contribution in [-0.4, -0.2) is 25.6 Å². The van der Waals surface area contributed by atoms with Crippen LogP contribution in [0.15, 0.2) is 34.1 Å². The number of aromatic nitrogens is 3. The average Bonchev–Trinajstić information content (AvgIpc) is 2.30. The van der Waals surface area contributed by atoms with E-state index in [9.17, 15) is 14.4 Å². The van der Waals surface area contributed by atoms with E-state index >= 15 is 0 Å². The Balaban J connectivity index is 2.77. The summed E-state index contributed by atoms with van der Waals surface area (Å²) in [5, 5.41) is 8.85. The fourth-order valence-corrected chi connectivity index (χ4v) is 1.53. The quantitative estimate of drug-likeness (QED) is 0.772. The summed E-state index contributed by atoms with van der Waals surface area (Å²) in [5.74, 6) is -1.40. The molecule has 0 unspecified atom stereocenters. The van der Waals surface area contributed by atoms with Crippen molar-refractivity contribution in [2.24, 2.45) is 0 Å². The maximum Gasteiger partial charge on any atom is 0.342 e. The molecule has 18 heavy (non-hydrogen) atoms. The van der Waals surface area contributed by atoms with E-state index in [4.69, 9.17) is 5.11 Å². The second kappa shape index (κ2) is 4.28. The Morgan fingerprint density at radius 1 is 1.44 bits per heavy atom. The van der Waals surface area contributed by atoms with Crippen LogP contribution in [0.25, 0.3) is 5.69 Å². The molecule has 2 N–H and O–H groups in total. The highest BCUT2D eigenvalue weighted by Crippen LogP contribution is 2.07. The molecule has 2 heterocycles.